The van der Waals surface area contributed by atoms with Gasteiger partial charge in [-0.3, -0.25) is 4.79 Å². The topological polar surface area (TPSA) is 98.9 Å². The van der Waals surface area contributed by atoms with E-state index in [-0.39, 0.29) is 19.0 Å². The number of rotatable bonds is 9. The van der Waals surface area contributed by atoms with Gasteiger partial charge >= 0.3 is 5.97 Å². The van der Waals surface area contributed by atoms with E-state index in [0.717, 1.165) is 18.4 Å². The van der Waals surface area contributed by atoms with Crippen molar-refractivity contribution in [3.05, 3.63) is 29.8 Å². The molecule has 1 heterocycles. The molecule has 1 fully saturated rings. The van der Waals surface area contributed by atoms with Crippen molar-refractivity contribution in [3.63, 3.8) is 0 Å². The molecule has 0 aromatic heterocycles. The monoisotopic (exact) mass is 384 g/mol. The molecule has 1 aromatic carbocycles. The number of carbonyl (C=O) groups excluding carboxylic acids is 1. The lowest BCUT2D eigenvalue weighted by atomic mass is 10.1. The Morgan fingerprint density at radius 2 is 2.15 bits per heavy atom. The van der Waals surface area contributed by atoms with Crippen LogP contribution < -0.4 is 10.5 Å². The van der Waals surface area contributed by atoms with E-state index in [1.165, 1.54) is 4.31 Å². The summed E-state index contributed by atoms with van der Waals surface area (Å²) >= 11 is 0. The van der Waals surface area contributed by atoms with Crippen LogP contribution in [0.2, 0.25) is 0 Å². The van der Waals surface area contributed by atoms with Crippen molar-refractivity contribution in [3.8, 4) is 5.75 Å². The molecular weight excluding hydrogens is 356 g/mol. The van der Waals surface area contributed by atoms with Crippen molar-refractivity contribution in [2.75, 3.05) is 25.5 Å². The Hall–Kier alpha value is -1.64. The molecule has 1 aliphatic heterocycles. The van der Waals surface area contributed by atoms with Gasteiger partial charge in [-0.2, -0.15) is 4.31 Å². The highest BCUT2D eigenvalue weighted by Gasteiger charge is 2.37. The van der Waals surface area contributed by atoms with E-state index in [0.29, 0.717) is 31.7 Å². The second kappa shape index (κ2) is 9.89. The zero-order chi connectivity index (χ0) is 19.0. The summed E-state index contributed by atoms with van der Waals surface area (Å²) in [4.78, 5) is 12.1. The standard InChI is InChI=1S/C18H28N2O5S/c1-2-24-18(21)17-9-3-4-10-20(17)26(22,23)12-6-11-25-16-8-5-7-15(13-16)14-19/h5,7-8,13,17H,2-4,6,9-12,14,19H2,1H3. The van der Waals surface area contributed by atoms with Gasteiger partial charge in [-0.1, -0.05) is 12.1 Å². The SMILES string of the molecule is CCOC(=O)C1CCCCN1S(=O)(=O)CCCOc1cccc(CN)c1. The lowest BCUT2D eigenvalue weighted by Gasteiger charge is -2.32. The van der Waals surface area contributed by atoms with Gasteiger partial charge in [-0.25, -0.2) is 8.42 Å². The van der Waals surface area contributed by atoms with Crippen molar-refractivity contribution < 1.29 is 22.7 Å². The Morgan fingerprint density at radius 3 is 2.88 bits per heavy atom. The Morgan fingerprint density at radius 1 is 1.35 bits per heavy atom. The Bertz CT molecular complexity index is 693. The minimum absolute atomic E-state index is 0.0561. The van der Waals surface area contributed by atoms with Crippen LogP contribution in [0.5, 0.6) is 5.75 Å². The average Bonchev–Trinajstić information content (AvgIpc) is 2.65. The van der Waals surface area contributed by atoms with E-state index in [1.807, 2.05) is 24.3 Å². The second-order valence-corrected chi connectivity index (χ2v) is 8.28. The van der Waals surface area contributed by atoms with Crippen molar-refractivity contribution in [2.24, 2.45) is 5.73 Å². The maximum atomic E-state index is 12.7. The third-order valence-electron chi connectivity index (χ3n) is 4.32. The minimum atomic E-state index is -3.53. The lowest BCUT2D eigenvalue weighted by molar-refractivity contribution is -0.148. The maximum absolute atomic E-state index is 12.7. The molecule has 2 rings (SSSR count). The van der Waals surface area contributed by atoms with Gasteiger partial charge in [0.25, 0.3) is 0 Å². The fourth-order valence-corrected chi connectivity index (χ4v) is 4.73. The Balaban J connectivity index is 1.89. The zero-order valence-corrected chi connectivity index (χ0v) is 16.0. The molecule has 1 atom stereocenters. The Labute approximate surface area is 155 Å². The van der Waals surface area contributed by atoms with Gasteiger partial charge in [0.05, 0.1) is 19.0 Å². The molecule has 1 aliphatic rings. The van der Waals surface area contributed by atoms with Gasteiger partial charge < -0.3 is 15.2 Å². The van der Waals surface area contributed by atoms with E-state index in [2.05, 4.69) is 0 Å². The van der Waals surface area contributed by atoms with E-state index in [4.69, 9.17) is 15.2 Å². The molecule has 2 N–H and O–H groups in total. The molecule has 146 valence electrons. The van der Waals surface area contributed by atoms with Crippen LogP contribution in [0.25, 0.3) is 0 Å². The van der Waals surface area contributed by atoms with Crippen LogP contribution in [0, 0.1) is 0 Å². The number of carbonyl (C=O) groups is 1. The van der Waals surface area contributed by atoms with E-state index in [1.54, 1.807) is 6.92 Å². The molecule has 1 unspecified atom stereocenters. The van der Waals surface area contributed by atoms with Crippen molar-refractivity contribution in [1.29, 1.82) is 0 Å². The molecule has 8 heteroatoms. The summed E-state index contributed by atoms with van der Waals surface area (Å²) in [5.41, 5.74) is 6.55. The summed E-state index contributed by atoms with van der Waals surface area (Å²) in [5.74, 6) is 0.165. The van der Waals surface area contributed by atoms with Crippen LogP contribution >= 0.6 is 0 Å². The third-order valence-corrected chi connectivity index (χ3v) is 6.28. The molecule has 1 aromatic rings. The number of hydrogen-bond acceptors (Lipinski definition) is 6. The average molecular weight is 384 g/mol. The zero-order valence-electron chi connectivity index (χ0n) is 15.2. The van der Waals surface area contributed by atoms with Crippen LogP contribution in [0.1, 0.15) is 38.2 Å². The van der Waals surface area contributed by atoms with E-state index >= 15 is 0 Å². The number of nitrogens with zero attached hydrogens (tertiary/aromatic N) is 1. The second-order valence-electron chi connectivity index (χ2n) is 6.24. The minimum Gasteiger partial charge on any atom is -0.494 e. The number of benzene rings is 1. The van der Waals surface area contributed by atoms with Crippen LogP contribution in [0.15, 0.2) is 24.3 Å². The molecule has 0 radical (unpaired) electrons. The summed E-state index contributed by atoms with van der Waals surface area (Å²) < 4.78 is 37.3. The first kappa shape index (κ1) is 20.7. The van der Waals surface area contributed by atoms with Crippen LogP contribution in [0.4, 0.5) is 0 Å². The van der Waals surface area contributed by atoms with Crippen molar-refractivity contribution in [2.45, 2.75) is 45.2 Å². The molecule has 0 amide bonds. The van der Waals surface area contributed by atoms with Gasteiger partial charge in [0, 0.05) is 13.1 Å². The summed E-state index contributed by atoms with van der Waals surface area (Å²) in [6.45, 7) is 3.04. The molecule has 1 saturated heterocycles. The van der Waals surface area contributed by atoms with Gasteiger partial charge in [0.2, 0.25) is 10.0 Å². The molecule has 0 bridgehead atoms. The normalized spacial score (nSPS) is 18.5. The van der Waals surface area contributed by atoms with Crippen molar-refractivity contribution >= 4 is 16.0 Å². The van der Waals surface area contributed by atoms with Gasteiger partial charge in [-0.05, 0) is 50.3 Å². The first-order valence-electron chi connectivity index (χ1n) is 9.06. The fraction of sp³-hybridized carbons (Fsp3) is 0.611. The quantitative estimate of drug-likeness (QED) is 0.513. The number of nitrogens with two attached hydrogens (primary N) is 1. The predicted octanol–water partition coefficient (Wildman–Crippen LogP) is 1.66. The number of esters is 1. The predicted molar refractivity (Wildman–Crippen MR) is 99.2 cm³/mol. The lowest BCUT2D eigenvalue weighted by Crippen LogP contribution is -2.49. The molecule has 0 saturated carbocycles. The van der Waals surface area contributed by atoms with E-state index < -0.39 is 22.0 Å². The van der Waals surface area contributed by atoms with Crippen LogP contribution in [0.3, 0.4) is 0 Å². The first-order chi connectivity index (χ1) is 12.5. The number of hydrogen-bond donors (Lipinski definition) is 1. The van der Waals surface area contributed by atoms with E-state index in [9.17, 15) is 13.2 Å². The van der Waals surface area contributed by atoms with Crippen LogP contribution in [-0.4, -0.2) is 50.2 Å². The maximum Gasteiger partial charge on any atom is 0.324 e. The first-order valence-corrected chi connectivity index (χ1v) is 10.7. The highest BCUT2D eigenvalue weighted by atomic mass is 32.2. The van der Waals surface area contributed by atoms with Crippen LogP contribution in [-0.2, 0) is 26.1 Å². The summed E-state index contributed by atoms with van der Waals surface area (Å²) in [7, 11) is -3.53. The number of piperidine rings is 1. The van der Waals surface area contributed by atoms with Gasteiger partial charge in [0.1, 0.15) is 11.8 Å². The summed E-state index contributed by atoms with van der Waals surface area (Å²) in [6, 6.07) is 6.72. The smallest absolute Gasteiger partial charge is 0.324 e. The highest BCUT2D eigenvalue weighted by Crippen LogP contribution is 2.22. The molecule has 0 spiro atoms. The fourth-order valence-electron chi connectivity index (χ4n) is 3.02. The molecule has 0 aliphatic carbocycles. The molecule has 26 heavy (non-hydrogen) atoms. The summed E-state index contributed by atoms with van der Waals surface area (Å²) in [5, 5.41) is 0. The Kier molecular flexibility index (Phi) is 7.86. The van der Waals surface area contributed by atoms with Gasteiger partial charge in [-0.15, -0.1) is 0 Å². The highest BCUT2D eigenvalue weighted by molar-refractivity contribution is 7.89. The number of ether oxygens (including phenoxy) is 2. The molecule has 7 nitrogen and oxygen atoms in total. The summed E-state index contributed by atoms with van der Waals surface area (Å²) in [6.07, 6.45) is 2.45. The largest absolute Gasteiger partial charge is 0.494 e. The third kappa shape index (κ3) is 5.69. The van der Waals surface area contributed by atoms with Gasteiger partial charge in [0.15, 0.2) is 0 Å². The molecular formula is C18H28N2O5S. The number of sulfonamides is 1. The van der Waals surface area contributed by atoms with Crippen molar-refractivity contribution in [1.82, 2.24) is 4.31 Å².